The van der Waals surface area contributed by atoms with Crippen molar-refractivity contribution in [1.82, 2.24) is 4.98 Å². The molecule has 0 spiro atoms. The molecule has 5 heteroatoms. The summed E-state index contributed by atoms with van der Waals surface area (Å²) in [6, 6.07) is 13.3. The number of thiazole rings is 1. The number of amides is 1. The first-order chi connectivity index (χ1) is 11.4. The van der Waals surface area contributed by atoms with Crippen molar-refractivity contribution in [3.63, 3.8) is 0 Å². The Morgan fingerprint density at radius 3 is 2.50 bits per heavy atom. The summed E-state index contributed by atoms with van der Waals surface area (Å²) in [7, 11) is 0. The lowest BCUT2D eigenvalue weighted by Crippen LogP contribution is -2.13. The Morgan fingerprint density at radius 2 is 1.88 bits per heavy atom. The van der Waals surface area contributed by atoms with Gasteiger partial charge in [-0.1, -0.05) is 32.9 Å². The Hall–Kier alpha value is -2.24. The summed E-state index contributed by atoms with van der Waals surface area (Å²) in [4.78, 5) is 16.7. The van der Waals surface area contributed by atoms with Crippen LogP contribution in [0.25, 0.3) is 10.2 Å². The maximum atomic E-state index is 12.4. The first kappa shape index (κ1) is 16.6. The molecule has 0 atom stereocenters. The number of hydrogen-bond donors (Lipinski definition) is 2. The van der Waals surface area contributed by atoms with Crippen LogP contribution in [-0.2, 0) is 12.0 Å². The summed E-state index contributed by atoms with van der Waals surface area (Å²) in [6.07, 6.45) is 0. The van der Waals surface area contributed by atoms with Crippen molar-refractivity contribution in [2.45, 2.75) is 32.8 Å². The molecule has 4 nitrogen and oxygen atoms in total. The molecule has 1 aromatic heterocycles. The lowest BCUT2D eigenvalue weighted by atomic mass is 9.87. The van der Waals surface area contributed by atoms with Crippen molar-refractivity contribution in [3.8, 4) is 0 Å². The standard InChI is InChI=1S/C19H20N2O2S/c1-19(2,3)13-5-7-14(8-6-13)20-18(23)12-4-9-16-15(10-12)21-17(11-22)24-16/h4-10,22H,11H2,1-3H3,(H,20,23). The van der Waals surface area contributed by atoms with E-state index in [4.69, 9.17) is 5.11 Å². The van der Waals surface area contributed by atoms with Gasteiger partial charge in [-0.05, 0) is 41.3 Å². The second kappa shape index (κ2) is 6.34. The predicted molar refractivity (Wildman–Crippen MR) is 98.6 cm³/mol. The third-order valence-electron chi connectivity index (χ3n) is 3.84. The van der Waals surface area contributed by atoms with Crippen LogP contribution < -0.4 is 5.32 Å². The summed E-state index contributed by atoms with van der Waals surface area (Å²) in [6.45, 7) is 6.39. The van der Waals surface area contributed by atoms with E-state index in [1.807, 2.05) is 30.3 Å². The molecular weight excluding hydrogens is 320 g/mol. The molecule has 2 aromatic carbocycles. The zero-order valence-corrected chi connectivity index (χ0v) is 14.8. The summed E-state index contributed by atoms with van der Waals surface area (Å²) < 4.78 is 0.963. The second-order valence-corrected chi connectivity index (χ2v) is 7.84. The number of benzene rings is 2. The van der Waals surface area contributed by atoms with Gasteiger partial charge in [0.1, 0.15) is 5.01 Å². The van der Waals surface area contributed by atoms with Crippen LogP contribution in [0.4, 0.5) is 5.69 Å². The normalized spacial score (nSPS) is 11.7. The maximum Gasteiger partial charge on any atom is 0.255 e. The highest BCUT2D eigenvalue weighted by Crippen LogP contribution is 2.25. The van der Waals surface area contributed by atoms with Gasteiger partial charge in [-0.25, -0.2) is 4.98 Å². The van der Waals surface area contributed by atoms with E-state index < -0.39 is 0 Å². The van der Waals surface area contributed by atoms with E-state index in [0.29, 0.717) is 10.6 Å². The number of aliphatic hydroxyl groups is 1. The smallest absolute Gasteiger partial charge is 0.255 e. The first-order valence-electron chi connectivity index (χ1n) is 7.79. The van der Waals surface area contributed by atoms with Crippen LogP contribution in [0.5, 0.6) is 0 Å². The molecule has 0 radical (unpaired) electrons. The minimum atomic E-state index is -0.168. The van der Waals surface area contributed by atoms with Gasteiger partial charge in [0.2, 0.25) is 0 Å². The van der Waals surface area contributed by atoms with Crippen LogP contribution >= 0.6 is 11.3 Å². The highest BCUT2D eigenvalue weighted by atomic mass is 32.1. The van der Waals surface area contributed by atoms with Gasteiger partial charge in [0.15, 0.2) is 0 Å². The molecule has 0 saturated heterocycles. The minimum absolute atomic E-state index is 0.0823. The fourth-order valence-electron chi connectivity index (χ4n) is 2.44. The Kier molecular flexibility index (Phi) is 4.39. The van der Waals surface area contributed by atoms with Crippen molar-refractivity contribution in [2.24, 2.45) is 0 Å². The Balaban J connectivity index is 1.79. The molecule has 3 aromatic rings. The average Bonchev–Trinajstić information content (AvgIpc) is 2.96. The molecular formula is C19H20N2O2S. The molecule has 3 rings (SSSR count). The molecule has 0 aliphatic rings. The molecule has 0 fully saturated rings. The number of carbonyl (C=O) groups excluding carboxylic acids is 1. The number of hydrogen-bond acceptors (Lipinski definition) is 4. The predicted octanol–water partition coefficient (Wildman–Crippen LogP) is 4.34. The van der Waals surface area contributed by atoms with E-state index in [9.17, 15) is 4.79 Å². The Bertz CT molecular complexity index is 877. The topological polar surface area (TPSA) is 62.2 Å². The number of fused-ring (bicyclic) bond motifs is 1. The SMILES string of the molecule is CC(C)(C)c1ccc(NC(=O)c2ccc3sc(CO)nc3c2)cc1. The largest absolute Gasteiger partial charge is 0.389 e. The molecule has 0 unspecified atom stereocenters. The fourth-order valence-corrected chi connectivity index (χ4v) is 3.25. The van der Waals surface area contributed by atoms with E-state index >= 15 is 0 Å². The van der Waals surface area contributed by atoms with Crippen molar-refractivity contribution in [1.29, 1.82) is 0 Å². The van der Waals surface area contributed by atoms with E-state index in [2.05, 4.69) is 31.1 Å². The summed E-state index contributed by atoms with van der Waals surface area (Å²) >= 11 is 1.43. The number of carbonyl (C=O) groups is 1. The van der Waals surface area contributed by atoms with Crippen molar-refractivity contribution in [2.75, 3.05) is 5.32 Å². The second-order valence-electron chi connectivity index (χ2n) is 6.73. The summed E-state index contributed by atoms with van der Waals surface area (Å²) in [5.74, 6) is -0.168. The zero-order valence-electron chi connectivity index (χ0n) is 14.0. The average molecular weight is 340 g/mol. The number of nitrogens with zero attached hydrogens (tertiary/aromatic N) is 1. The van der Waals surface area contributed by atoms with Gasteiger partial charge >= 0.3 is 0 Å². The van der Waals surface area contributed by atoms with Crippen LogP contribution in [-0.4, -0.2) is 16.0 Å². The Labute approximate surface area is 145 Å². The molecule has 0 aliphatic carbocycles. The minimum Gasteiger partial charge on any atom is -0.389 e. The van der Waals surface area contributed by atoms with Crippen LogP contribution in [0.15, 0.2) is 42.5 Å². The van der Waals surface area contributed by atoms with Gasteiger partial charge in [-0.2, -0.15) is 0 Å². The third kappa shape index (κ3) is 3.47. The van der Waals surface area contributed by atoms with Gasteiger partial charge in [0.25, 0.3) is 5.91 Å². The van der Waals surface area contributed by atoms with Crippen LogP contribution in [0.3, 0.4) is 0 Å². The lowest BCUT2D eigenvalue weighted by Gasteiger charge is -2.19. The van der Waals surface area contributed by atoms with Crippen molar-refractivity contribution >= 4 is 33.1 Å². The Morgan fingerprint density at radius 1 is 1.17 bits per heavy atom. The van der Waals surface area contributed by atoms with Crippen molar-refractivity contribution < 1.29 is 9.90 Å². The van der Waals surface area contributed by atoms with E-state index in [1.54, 1.807) is 12.1 Å². The lowest BCUT2D eigenvalue weighted by molar-refractivity contribution is 0.102. The third-order valence-corrected chi connectivity index (χ3v) is 4.86. The molecule has 0 bridgehead atoms. The van der Waals surface area contributed by atoms with Gasteiger partial charge in [-0.3, -0.25) is 4.79 Å². The van der Waals surface area contributed by atoms with Gasteiger partial charge in [-0.15, -0.1) is 11.3 Å². The monoisotopic (exact) mass is 340 g/mol. The number of nitrogens with one attached hydrogen (secondary N) is 1. The van der Waals surface area contributed by atoms with Gasteiger partial charge in [0, 0.05) is 11.3 Å². The molecule has 124 valence electrons. The molecule has 0 saturated carbocycles. The van der Waals surface area contributed by atoms with E-state index in [1.165, 1.54) is 16.9 Å². The zero-order chi connectivity index (χ0) is 17.3. The number of aliphatic hydroxyl groups excluding tert-OH is 1. The fraction of sp³-hybridized carbons (Fsp3) is 0.263. The number of rotatable bonds is 3. The highest BCUT2D eigenvalue weighted by Gasteiger charge is 2.14. The first-order valence-corrected chi connectivity index (χ1v) is 8.61. The van der Waals surface area contributed by atoms with Crippen LogP contribution in [0, 0.1) is 0 Å². The summed E-state index contributed by atoms with van der Waals surface area (Å²) in [5.41, 5.74) is 3.36. The number of anilines is 1. The summed E-state index contributed by atoms with van der Waals surface area (Å²) in [5, 5.41) is 12.7. The van der Waals surface area contributed by atoms with Crippen LogP contribution in [0.1, 0.15) is 41.7 Å². The highest BCUT2D eigenvalue weighted by molar-refractivity contribution is 7.18. The van der Waals surface area contributed by atoms with Crippen LogP contribution in [0.2, 0.25) is 0 Å². The maximum absolute atomic E-state index is 12.4. The van der Waals surface area contributed by atoms with E-state index in [0.717, 1.165) is 15.9 Å². The van der Waals surface area contributed by atoms with Crippen molar-refractivity contribution in [3.05, 3.63) is 58.6 Å². The van der Waals surface area contributed by atoms with Gasteiger partial charge < -0.3 is 10.4 Å². The van der Waals surface area contributed by atoms with Gasteiger partial charge in [0.05, 0.1) is 16.8 Å². The molecule has 1 amide bonds. The molecule has 1 heterocycles. The molecule has 24 heavy (non-hydrogen) atoms. The number of aromatic nitrogens is 1. The molecule has 2 N–H and O–H groups in total. The van der Waals surface area contributed by atoms with E-state index in [-0.39, 0.29) is 17.9 Å². The quantitative estimate of drug-likeness (QED) is 0.745. The molecule has 0 aliphatic heterocycles.